The maximum absolute atomic E-state index is 3.58. The Morgan fingerprint density at radius 3 is 2.58 bits per heavy atom. The fourth-order valence-corrected chi connectivity index (χ4v) is 3.46. The number of likely N-dealkylation sites (N-methyl/N-ethyl adjacent to an activating group) is 1. The van der Waals surface area contributed by atoms with Crippen molar-refractivity contribution in [3.63, 3.8) is 0 Å². The monoisotopic (exact) mass is 337 g/mol. The fraction of sp³-hybridized carbons (Fsp3) is 0.375. The van der Waals surface area contributed by atoms with Crippen molar-refractivity contribution in [2.75, 3.05) is 6.54 Å². The minimum atomic E-state index is 0.398. The van der Waals surface area contributed by atoms with Crippen molar-refractivity contribution >= 4 is 27.3 Å². The summed E-state index contributed by atoms with van der Waals surface area (Å²) < 4.78 is 1.20. The molecule has 1 aromatic heterocycles. The van der Waals surface area contributed by atoms with Crippen LogP contribution in [-0.2, 0) is 6.42 Å². The lowest BCUT2D eigenvalue weighted by atomic mass is 9.98. The normalized spacial score (nSPS) is 12.6. The maximum atomic E-state index is 3.58. The molecule has 0 aliphatic rings. The molecule has 1 unspecified atom stereocenters. The van der Waals surface area contributed by atoms with Gasteiger partial charge >= 0.3 is 0 Å². The standard InChI is InChI=1S/C16H20BrNS/c1-4-18-15(14-9-16(17)19-10-14)8-13-6-5-11(2)12(3)7-13/h5-7,9-10,15,18H,4,8H2,1-3H3. The third-order valence-electron chi connectivity index (χ3n) is 3.45. The second kappa shape index (κ2) is 6.69. The van der Waals surface area contributed by atoms with E-state index in [1.54, 1.807) is 11.3 Å². The zero-order chi connectivity index (χ0) is 13.8. The summed E-state index contributed by atoms with van der Waals surface area (Å²) in [5.74, 6) is 0. The Balaban J connectivity index is 2.18. The molecule has 0 saturated carbocycles. The van der Waals surface area contributed by atoms with Crippen molar-refractivity contribution in [3.05, 3.63) is 55.7 Å². The Morgan fingerprint density at radius 2 is 2.00 bits per heavy atom. The van der Waals surface area contributed by atoms with Gasteiger partial charge in [-0.2, -0.15) is 0 Å². The lowest BCUT2D eigenvalue weighted by molar-refractivity contribution is 0.551. The van der Waals surface area contributed by atoms with Crippen molar-refractivity contribution in [2.45, 2.75) is 33.2 Å². The fourth-order valence-electron chi connectivity index (χ4n) is 2.23. The van der Waals surface area contributed by atoms with Crippen LogP contribution in [0, 0.1) is 13.8 Å². The van der Waals surface area contributed by atoms with E-state index in [1.807, 2.05) is 0 Å². The number of nitrogens with one attached hydrogen (secondary N) is 1. The smallest absolute Gasteiger partial charge is 0.0701 e. The molecule has 1 aromatic carbocycles. The first kappa shape index (κ1) is 14.8. The van der Waals surface area contributed by atoms with Crippen LogP contribution < -0.4 is 5.32 Å². The molecule has 1 nitrogen and oxygen atoms in total. The topological polar surface area (TPSA) is 12.0 Å². The number of halogens is 1. The molecule has 102 valence electrons. The van der Waals surface area contributed by atoms with Crippen LogP contribution in [0.1, 0.15) is 35.2 Å². The van der Waals surface area contributed by atoms with Gasteiger partial charge in [-0.3, -0.25) is 0 Å². The van der Waals surface area contributed by atoms with Gasteiger partial charge in [-0.25, -0.2) is 0 Å². The van der Waals surface area contributed by atoms with E-state index in [9.17, 15) is 0 Å². The van der Waals surface area contributed by atoms with Crippen LogP contribution in [0.25, 0.3) is 0 Å². The minimum Gasteiger partial charge on any atom is -0.310 e. The van der Waals surface area contributed by atoms with E-state index in [1.165, 1.54) is 26.0 Å². The van der Waals surface area contributed by atoms with Gasteiger partial charge in [0.15, 0.2) is 0 Å². The van der Waals surface area contributed by atoms with Gasteiger partial charge in [0.25, 0.3) is 0 Å². The van der Waals surface area contributed by atoms with E-state index >= 15 is 0 Å². The Labute approximate surface area is 128 Å². The summed E-state index contributed by atoms with van der Waals surface area (Å²) in [6.45, 7) is 7.50. The summed E-state index contributed by atoms with van der Waals surface area (Å²) in [5.41, 5.74) is 5.51. The van der Waals surface area contributed by atoms with Gasteiger partial charge in [-0.15, -0.1) is 11.3 Å². The van der Waals surface area contributed by atoms with Crippen LogP contribution >= 0.6 is 27.3 Å². The van der Waals surface area contributed by atoms with E-state index in [2.05, 4.69) is 71.7 Å². The van der Waals surface area contributed by atoms with Crippen molar-refractivity contribution < 1.29 is 0 Å². The molecule has 1 N–H and O–H groups in total. The van der Waals surface area contributed by atoms with Gasteiger partial charge < -0.3 is 5.32 Å². The number of thiophene rings is 1. The molecule has 19 heavy (non-hydrogen) atoms. The van der Waals surface area contributed by atoms with Gasteiger partial charge in [0, 0.05) is 6.04 Å². The SMILES string of the molecule is CCNC(Cc1ccc(C)c(C)c1)c1csc(Br)c1. The summed E-state index contributed by atoms with van der Waals surface area (Å²) in [6.07, 6.45) is 1.04. The lowest BCUT2D eigenvalue weighted by Gasteiger charge is -2.17. The summed E-state index contributed by atoms with van der Waals surface area (Å²) >= 11 is 5.30. The van der Waals surface area contributed by atoms with Crippen LogP contribution in [-0.4, -0.2) is 6.54 Å². The third-order valence-corrected chi connectivity index (χ3v) is 4.97. The highest BCUT2D eigenvalue weighted by Gasteiger charge is 2.13. The average Bonchev–Trinajstić information content (AvgIpc) is 2.80. The van der Waals surface area contributed by atoms with Gasteiger partial charge in [0.05, 0.1) is 3.79 Å². The second-order valence-electron chi connectivity index (χ2n) is 4.92. The predicted octanol–water partition coefficient (Wildman–Crippen LogP) is 5.02. The number of aryl methyl sites for hydroxylation is 2. The van der Waals surface area contributed by atoms with Crippen LogP contribution in [0.5, 0.6) is 0 Å². The van der Waals surface area contributed by atoms with E-state index in [-0.39, 0.29) is 0 Å². The molecule has 2 rings (SSSR count). The van der Waals surface area contributed by atoms with Crippen molar-refractivity contribution in [3.8, 4) is 0 Å². The first-order valence-electron chi connectivity index (χ1n) is 6.63. The molecule has 1 heterocycles. The average molecular weight is 338 g/mol. The number of benzene rings is 1. The summed E-state index contributed by atoms with van der Waals surface area (Å²) in [7, 11) is 0. The van der Waals surface area contributed by atoms with Gasteiger partial charge in [0.2, 0.25) is 0 Å². The molecule has 0 aliphatic carbocycles. The Hall–Kier alpha value is -0.640. The number of hydrogen-bond donors (Lipinski definition) is 1. The van der Waals surface area contributed by atoms with Crippen LogP contribution in [0.15, 0.2) is 33.4 Å². The molecular weight excluding hydrogens is 318 g/mol. The third kappa shape index (κ3) is 3.91. The first-order chi connectivity index (χ1) is 9.10. The summed E-state index contributed by atoms with van der Waals surface area (Å²) in [6, 6.07) is 9.39. The van der Waals surface area contributed by atoms with E-state index in [4.69, 9.17) is 0 Å². The van der Waals surface area contributed by atoms with E-state index in [0.29, 0.717) is 6.04 Å². The first-order valence-corrected chi connectivity index (χ1v) is 8.31. The van der Waals surface area contributed by atoms with Crippen LogP contribution in [0.2, 0.25) is 0 Å². The molecule has 0 radical (unpaired) electrons. The van der Waals surface area contributed by atoms with Crippen molar-refractivity contribution in [1.29, 1.82) is 0 Å². The molecule has 0 bridgehead atoms. The van der Waals surface area contributed by atoms with Crippen molar-refractivity contribution in [1.82, 2.24) is 5.32 Å². The van der Waals surface area contributed by atoms with Crippen LogP contribution in [0.4, 0.5) is 0 Å². The lowest BCUT2D eigenvalue weighted by Crippen LogP contribution is -2.22. The Morgan fingerprint density at radius 1 is 1.21 bits per heavy atom. The summed E-state index contributed by atoms with van der Waals surface area (Å²) in [5, 5.41) is 5.82. The summed E-state index contributed by atoms with van der Waals surface area (Å²) in [4.78, 5) is 0. The Kier molecular flexibility index (Phi) is 5.20. The molecule has 3 heteroatoms. The number of rotatable bonds is 5. The minimum absolute atomic E-state index is 0.398. The molecule has 2 aromatic rings. The van der Waals surface area contributed by atoms with E-state index in [0.717, 1.165) is 13.0 Å². The van der Waals surface area contributed by atoms with Crippen molar-refractivity contribution in [2.24, 2.45) is 0 Å². The van der Waals surface area contributed by atoms with Gasteiger partial charge in [-0.1, -0.05) is 25.1 Å². The molecule has 0 aliphatic heterocycles. The largest absolute Gasteiger partial charge is 0.310 e. The highest BCUT2D eigenvalue weighted by molar-refractivity contribution is 9.11. The van der Waals surface area contributed by atoms with E-state index < -0.39 is 0 Å². The molecule has 0 saturated heterocycles. The molecule has 0 spiro atoms. The second-order valence-corrected chi connectivity index (χ2v) is 7.21. The van der Waals surface area contributed by atoms with Gasteiger partial charge in [-0.05, 0) is 76.4 Å². The Bertz CT molecular complexity index is 547. The quantitative estimate of drug-likeness (QED) is 0.807. The molecule has 0 fully saturated rings. The maximum Gasteiger partial charge on any atom is 0.0701 e. The molecular formula is C16H20BrNS. The highest BCUT2D eigenvalue weighted by atomic mass is 79.9. The van der Waals surface area contributed by atoms with Crippen LogP contribution in [0.3, 0.4) is 0 Å². The predicted molar refractivity (Wildman–Crippen MR) is 88.1 cm³/mol. The molecule has 0 amide bonds. The zero-order valence-electron chi connectivity index (χ0n) is 11.7. The van der Waals surface area contributed by atoms with Gasteiger partial charge in [0.1, 0.15) is 0 Å². The molecule has 1 atom stereocenters. The zero-order valence-corrected chi connectivity index (χ0v) is 14.1. The number of hydrogen-bond acceptors (Lipinski definition) is 2. The highest BCUT2D eigenvalue weighted by Crippen LogP contribution is 2.27.